The van der Waals surface area contributed by atoms with Gasteiger partial charge in [0.05, 0.1) is 34.3 Å². The number of rotatable bonds is 5. The van der Waals surface area contributed by atoms with Crippen molar-refractivity contribution in [1.82, 2.24) is 5.32 Å². The number of nitrogen functional groups attached to an aromatic ring is 1. The number of nitrogens with two attached hydrogens (primary N) is 1. The van der Waals surface area contributed by atoms with Crippen molar-refractivity contribution in [2.45, 2.75) is 10.6 Å². The Morgan fingerprint density at radius 1 is 1.33 bits per heavy atom. The van der Waals surface area contributed by atoms with Crippen LogP contribution < -0.4 is 16.4 Å². The number of anilines is 2. The summed E-state index contributed by atoms with van der Waals surface area (Å²) >= 11 is 4.94. The van der Waals surface area contributed by atoms with Gasteiger partial charge in [0.2, 0.25) is 0 Å². The second kappa shape index (κ2) is 9.05. The summed E-state index contributed by atoms with van der Waals surface area (Å²) in [6.07, 6.45) is -0.815. The fourth-order valence-electron chi connectivity index (χ4n) is 2.10. The number of thiocarbonyl (C=S) groups is 1. The van der Waals surface area contributed by atoms with Gasteiger partial charge in [0.25, 0.3) is 5.69 Å². The largest absolute Gasteiger partial charge is 0.453 e. The minimum absolute atomic E-state index is 0.0574. The molecule has 27 heavy (non-hydrogen) atoms. The Balaban J connectivity index is 2.33. The van der Waals surface area contributed by atoms with Gasteiger partial charge >= 0.3 is 6.09 Å². The normalized spacial score (nSPS) is 11.3. The summed E-state index contributed by atoms with van der Waals surface area (Å²) in [5.41, 5.74) is 6.06. The van der Waals surface area contributed by atoms with Crippen LogP contribution in [0.25, 0.3) is 0 Å². The number of hydrogen-bond donors (Lipinski definition) is 3. The van der Waals surface area contributed by atoms with E-state index in [4.69, 9.17) is 18.0 Å². The smallest absolute Gasteiger partial charge is 0.413 e. The molecule has 11 heteroatoms. The van der Waals surface area contributed by atoms with E-state index in [1.165, 1.54) is 6.07 Å². The molecule has 0 saturated carbocycles. The van der Waals surface area contributed by atoms with Crippen molar-refractivity contribution in [2.75, 3.05) is 18.2 Å². The molecule has 1 amide bonds. The second-order valence-corrected chi connectivity index (χ2v) is 7.07. The van der Waals surface area contributed by atoms with Crippen LogP contribution in [-0.4, -0.2) is 27.4 Å². The van der Waals surface area contributed by atoms with Gasteiger partial charge in [-0.2, -0.15) is 0 Å². The van der Waals surface area contributed by atoms with E-state index in [2.05, 4.69) is 15.4 Å². The zero-order valence-corrected chi connectivity index (χ0v) is 15.8. The monoisotopic (exact) mass is 408 g/mol. The minimum atomic E-state index is -1.56. The molecule has 0 spiro atoms. The first kappa shape index (κ1) is 20.3. The standard InChI is InChI=1S/C16H16N4O5S2/c1-25-16(21)19-15(26)18-12-7-11(8-13(14(12)17)20(22)23)27(24)9-10-5-3-2-4-6-10/h2-8H,9,17H2,1H3,(H2,18,19,21,26). The highest BCUT2D eigenvalue weighted by atomic mass is 32.2. The number of nitrogens with one attached hydrogen (secondary N) is 2. The van der Waals surface area contributed by atoms with Crippen LogP contribution >= 0.6 is 12.2 Å². The number of benzene rings is 2. The van der Waals surface area contributed by atoms with Crippen LogP contribution in [0.3, 0.4) is 0 Å². The molecule has 2 aromatic carbocycles. The molecule has 2 aromatic rings. The van der Waals surface area contributed by atoms with Crippen LogP contribution in [0.15, 0.2) is 47.4 Å². The van der Waals surface area contributed by atoms with Gasteiger partial charge in [0.15, 0.2) is 5.11 Å². The van der Waals surface area contributed by atoms with E-state index in [9.17, 15) is 19.1 Å². The first-order valence-corrected chi connectivity index (χ1v) is 9.20. The predicted molar refractivity (Wildman–Crippen MR) is 106 cm³/mol. The average molecular weight is 408 g/mol. The predicted octanol–water partition coefficient (Wildman–Crippen LogP) is 2.54. The van der Waals surface area contributed by atoms with Gasteiger partial charge < -0.3 is 15.8 Å². The zero-order valence-electron chi connectivity index (χ0n) is 14.1. The molecule has 0 aliphatic carbocycles. The van der Waals surface area contributed by atoms with Gasteiger partial charge in [-0.3, -0.25) is 19.6 Å². The Kier molecular flexibility index (Phi) is 6.79. The molecule has 0 bridgehead atoms. The van der Waals surface area contributed by atoms with Gasteiger partial charge in [-0.1, -0.05) is 30.3 Å². The number of carbonyl (C=O) groups excluding carboxylic acids is 1. The highest BCUT2D eigenvalue weighted by molar-refractivity contribution is 7.84. The van der Waals surface area contributed by atoms with E-state index in [1.54, 1.807) is 12.1 Å². The number of alkyl carbamates (subject to hydrolysis) is 1. The number of carbonyl (C=O) groups is 1. The number of hydrogen-bond acceptors (Lipinski definition) is 7. The number of ether oxygens (including phenoxy) is 1. The van der Waals surface area contributed by atoms with Crippen molar-refractivity contribution in [1.29, 1.82) is 0 Å². The quantitative estimate of drug-likeness (QED) is 0.297. The van der Waals surface area contributed by atoms with E-state index < -0.39 is 27.5 Å². The molecule has 2 rings (SSSR count). The number of nitro groups is 1. The topological polar surface area (TPSA) is 137 Å². The second-order valence-electron chi connectivity index (χ2n) is 5.21. The number of methoxy groups -OCH3 is 1. The molecule has 0 fully saturated rings. The van der Waals surface area contributed by atoms with Crippen LogP contribution in [-0.2, 0) is 21.3 Å². The first-order chi connectivity index (χ1) is 12.8. The third-order valence-electron chi connectivity index (χ3n) is 3.38. The lowest BCUT2D eigenvalue weighted by molar-refractivity contribution is -0.384. The summed E-state index contributed by atoms with van der Waals surface area (Å²) in [6.45, 7) is 0. The van der Waals surface area contributed by atoms with Crippen LogP contribution in [0.2, 0.25) is 0 Å². The lowest BCUT2D eigenvalue weighted by atomic mass is 10.2. The van der Waals surface area contributed by atoms with Crippen molar-refractivity contribution in [3.63, 3.8) is 0 Å². The number of nitrogens with zero attached hydrogens (tertiary/aromatic N) is 1. The Morgan fingerprint density at radius 2 is 2.00 bits per heavy atom. The summed E-state index contributed by atoms with van der Waals surface area (Å²) in [5, 5.41) is 15.9. The first-order valence-electron chi connectivity index (χ1n) is 7.48. The maximum absolute atomic E-state index is 12.7. The summed E-state index contributed by atoms with van der Waals surface area (Å²) in [4.78, 5) is 22.0. The molecule has 0 radical (unpaired) electrons. The van der Waals surface area contributed by atoms with Crippen molar-refractivity contribution >= 4 is 51.3 Å². The molecular weight excluding hydrogens is 392 g/mol. The molecule has 0 heterocycles. The molecule has 0 aliphatic rings. The SMILES string of the molecule is COC(=O)NC(=S)Nc1cc(S(=O)Cc2ccccc2)cc([N+](=O)[O-])c1N. The molecule has 0 aromatic heterocycles. The van der Waals surface area contributed by atoms with Crippen molar-refractivity contribution in [2.24, 2.45) is 0 Å². The van der Waals surface area contributed by atoms with Crippen LogP contribution in [0.5, 0.6) is 0 Å². The minimum Gasteiger partial charge on any atom is -0.453 e. The molecule has 4 N–H and O–H groups in total. The lowest BCUT2D eigenvalue weighted by Gasteiger charge is -2.13. The van der Waals surface area contributed by atoms with Crippen LogP contribution in [0, 0.1) is 10.1 Å². The van der Waals surface area contributed by atoms with E-state index in [0.717, 1.165) is 18.7 Å². The number of nitro benzene ring substituents is 1. The van der Waals surface area contributed by atoms with Gasteiger partial charge in [-0.25, -0.2) is 4.79 Å². The van der Waals surface area contributed by atoms with Crippen LogP contribution in [0.4, 0.5) is 21.9 Å². The molecule has 0 aliphatic heterocycles. The molecule has 0 saturated heterocycles. The van der Waals surface area contributed by atoms with Gasteiger partial charge in [-0.05, 0) is 23.8 Å². The van der Waals surface area contributed by atoms with Crippen molar-refractivity contribution < 1.29 is 18.7 Å². The number of amides is 1. The Hall–Kier alpha value is -3.05. The average Bonchev–Trinajstić information content (AvgIpc) is 2.63. The van der Waals surface area contributed by atoms with Gasteiger partial charge in [0.1, 0.15) is 5.69 Å². The molecule has 9 nitrogen and oxygen atoms in total. The van der Waals surface area contributed by atoms with Gasteiger partial charge in [-0.15, -0.1) is 0 Å². The Morgan fingerprint density at radius 3 is 2.59 bits per heavy atom. The van der Waals surface area contributed by atoms with E-state index in [-0.39, 0.29) is 27.1 Å². The fraction of sp³-hybridized carbons (Fsp3) is 0.125. The Bertz CT molecular complexity index is 905. The summed E-state index contributed by atoms with van der Waals surface area (Å²) < 4.78 is 17.1. The van der Waals surface area contributed by atoms with Crippen molar-refractivity contribution in [3.05, 3.63) is 58.1 Å². The van der Waals surface area contributed by atoms with E-state index in [1.807, 2.05) is 18.2 Å². The third kappa shape index (κ3) is 5.46. The van der Waals surface area contributed by atoms with E-state index in [0.29, 0.717) is 0 Å². The highest BCUT2D eigenvalue weighted by Crippen LogP contribution is 2.33. The highest BCUT2D eigenvalue weighted by Gasteiger charge is 2.21. The van der Waals surface area contributed by atoms with Crippen LogP contribution in [0.1, 0.15) is 5.56 Å². The fourth-order valence-corrected chi connectivity index (χ4v) is 3.45. The van der Waals surface area contributed by atoms with Crippen molar-refractivity contribution in [3.8, 4) is 0 Å². The zero-order chi connectivity index (χ0) is 20.0. The maximum atomic E-state index is 12.7. The van der Waals surface area contributed by atoms with Gasteiger partial charge in [0, 0.05) is 11.0 Å². The summed E-state index contributed by atoms with van der Waals surface area (Å²) in [6, 6.07) is 11.6. The maximum Gasteiger partial charge on any atom is 0.413 e. The molecule has 1 atom stereocenters. The third-order valence-corrected chi connectivity index (χ3v) is 4.94. The Labute approximate surface area is 162 Å². The molecular formula is C16H16N4O5S2. The van der Waals surface area contributed by atoms with E-state index >= 15 is 0 Å². The molecule has 142 valence electrons. The lowest BCUT2D eigenvalue weighted by Crippen LogP contribution is -2.34. The summed E-state index contributed by atoms with van der Waals surface area (Å²) in [5.74, 6) is 0.173. The summed E-state index contributed by atoms with van der Waals surface area (Å²) in [7, 11) is -0.405. The molecule has 1 unspecified atom stereocenters.